The number of aromatic nitrogens is 4. The van der Waals surface area contributed by atoms with Crippen molar-refractivity contribution in [1.29, 1.82) is 0 Å². The Kier molecular flexibility index (Phi) is 3.87. The number of halogens is 1. The molecule has 0 amide bonds. The third-order valence-corrected chi connectivity index (χ3v) is 4.07. The van der Waals surface area contributed by atoms with E-state index in [9.17, 15) is 5.11 Å². The molecule has 1 N–H and O–H groups in total. The summed E-state index contributed by atoms with van der Waals surface area (Å²) < 4.78 is 4.59. The molecule has 0 spiro atoms. The fourth-order valence-corrected chi connectivity index (χ4v) is 2.51. The quantitative estimate of drug-likeness (QED) is 0.939. The molecule has 2 rings (SSSR count). The number of rotatable bonds is 4. The summed E-state index contributed by atoms with van der Waals surface area (Å²) in [6, 6.07) is 1.83. The summed E-state index contributed by atoms with van der Waals surface area (Å²) >= 11 is 3.54. The molecule has 1 atom stereocenters. The van der Waals surface area contributed by atoms with Crippen LogP contribution in [0.15, 0.2) is 16.7 Å². The van der Waals surface area contributed by atoms with E-state index in [-0.39, 0.29) is 0 Å². The smallest absolute Gasteiger partial charge is 0.101 e. The molecule has 0 aliphatic carbocycles. The molecule has 0 bridgehead atoms. The van der Waals surface area contributed by atoms with Crippen molar-refractivity contribution in [2.75, 3.05) is 0 Å². The maximum atomic E-state index is 10.3. The highest BCUT2D eigenvalue weighted by atomic mass is 79.9. The van der Waals surface area contributed by atoms with Crippen molar-refractivity contribution >= 4 is 15.9 Å². The van der Waals surface area contributed by atoms with Crippen LogP contribution in [0.1, 0.15) is 30.1 Å². The number of hydrogen-bond acceptors (Lipinski definition) is 3. The van der Waals surface area contributed by atoms with E-state index >= 15 is 0 Å². The van der Waals surface area contributed by atoms with Crippen molar-refractivity contribution in [2.24, 2.45) is 7.05 Å². The van der Waals surface area contributed by atoms with E-state index in [2.05, 4.69) is 26.1 Å². The summed E-state index contributed by atoms with van der Waals surface area (Å²) in [6.07, 6.45) is 1.64. The van der Waals surface area contributed by atoms with Gasteiger partial charge in [0, 0.05) is 26.2 Å². The Labute approximate surface area is 115 Å². The number of nitrogens with zero attached hydrogens (tertiary/aromatic N) is 4. The first-order valence-corrected chi connectivity index (χ1v) is 6.71. The molecular formula is C12H17BrN4O. The molecule has 0 fully saturated rings. The Bertz CT molecular complexity index is 546. The van der Waals surface area contributed by atoms with Crippen molar-refractivity contribution in [3.05, 3.63) is 33.8 Å². The first kappa shape index (κ1) is 13.3. The van der Waals surface area contributed by atoms with Crippen LogP contribution < -0.4 is 0 Å². The number of aryl methyl sites for hydroxylation is 3. The Hall–Kier alpha value is -1.14. The minimum absolute atomic E-state index is 0.523. The van der Waals surface area contributed by atoms with Gasteiger partial charge in [0.05, 0.1) is 21.6 Å². The van der Waals surface area contributed by atoms with Crippen molar-refractivity contribution in [3.63, 3.8) is 0 Å². The second-order valence-electron chi connectivity index (χ2n) is 4.26. The Morgan fingerprint density at radius 3 is 2.78 bits per heavy atom. The molecule has 1 unspecified atom stereocenters. The second-order valence-corrected chi connectivity index (χ2v) is 5.05. The van der Waals surface area contributed by atoms with Crippen LogP contribution in [0.2, 0.25) is 0 Å². The van der Waals surface area contributed by atoms with Crippen LogP contribution in [0.4, 0.5) is 0 Å². The molecule has 0 aliphatic rings. The van der Waals surface area contributed by atoms with Crippen molar-refractivity contribution < 1.29 is 5.11 Å². The van der Waals surface area contributed by atoms with Crippen LogP contribution in [0.25, 0.3) is 0 Å². The Morgan fingerprint density at radius 1 is 1.50 bits per heavy atom. The van der Waals surface area contributed by atoms with Gasteiger partial charge >= 0.3 is 0 Å². The molecule has 0 aliphatic heterocycles. The Morgan fingerprint density at radius 2 is 2.22 bits per heavy atom. The molecule has 2 aromatic heterocycles. The van der Waals surface area contributed by atoms with E-state index in [0.29, 0.717) is 6.42 Å². The normalized spacial score (nSPS) is 12.9. The minimum atomic E-state index is -0.574. The van der Waals surface area contributed by atoms with Crippen LogP contribution in [0.5, 0.6) is 0 Å². The van der Waals surface area contributed by atoms with Crippen LogP contribution in [-0.4, -0.2) is 24.7 Å². The lowest BCUT2D eigenvalue weighted by Crippen LogP contribution is -2.12. The predicted octanol–water partition coefficient (Wildman–Crippen LogP) is 1.98. The van der Waals surface area contributed by atoms with Gasteiger partial charge < -0.3 is 5.11 Å². The average Bonchev–Trinajstić information content (AvgIpc) is 2.87. The molecule has 2 heterocycles. The molecule has 0 aromatic carbocycles. The number of aliphatic hydroxyl groups is 1. The maximum Gasteiger partial charge on any atom is 0.101 e. The van der Waals surface area contributed by atoms with Gasteiger partial charge in [-0.2, -0.15) is 10.2 Å². The lowest BCUT2D eigenvalue weighted by Gasteiger charge is -2.12. The van der Waals surface area contributed by atoms with Gasteiger partial charge in [-0.15, -0.1) is 0 Å². The van der Waals surface area contributed by atoms with Crippen LogP contribution in [-0.2, 0) is 20.0 Å². The van der Waals surface area contributed by atoms with E-state index in [0.717, 1.165) is 28.1 Å². The van der Waals surface area contributed by atoms with Crippen LogP contribution >= 0.6 is 15.9 Å². The fraction of sp³-hybridized carbons (Fsp3) is 0.500. The van der Waals surface area contributed by atoms with Crippen molar-refractivity contribution in [1.82, 2.24) is 19.6 Å². The Balaban J connectivity index is 2.27. The molecule has 0 saturated heterocycles. The molecule has 98 valence electrons. The SMILES string of the molecule is CCn1nc(C)c(Br)c1CC(O)c1ccnn1C. The highest BCUT2D eigenvalue weighted by Gasteiger charge is 2.18. The van der Waals surface area contributed by atoms with Gasteiger partial charge in [-0.25, -0.2) is 0 Å². The van der Waals surface area contributed by atoms with Crippen LogP contribution in [0, 0.1) is 6.92 Å². The maximum absolute atomic E-state index is 10.3. The van der Waals surface area contributed by atoms with E-state index < -0.39 is 6.10 Å². The summed E-state index contributed by atoms with van der Waals surface area (Å²) in [5.41, 5.74) is 2.77. The highest BCUT2D eigenvalue weighted by Crippen LogP contribution is 2.26. The zero-order chi connectivity index (χ0) is 13.3. The highest BCUT2D eigenvalue weighted by molar-refractivity contribution is 9.10. The first-order chi connectivity index (χ1) is 8.54. The molecule has 2 aromatic rings. The largest absolute Gasteiger partial charge is 0.386 e. The molecule has 0 saturated carbocycles. The van der Waals surface area contributed by atoms with Gasteiger partial charge in [0.15, 0.2) is 0 Å². The molecule has 5 nitrogen and oxygen atoms in total. The molecular weight excluding hydrogens is 296 g/mol. The zero-order valence-corrected chi connectivity index (χ0v) is 12.3. The van der Waals surface area contributed by atoms with Gasteiger partial charge in [0.25, 0.3) is 0 Å². The average molecular weight is 313 g/mol. The van der Waals surface area contributed by atoms with Gasteiger partial charge in [-0.05, 0) is 35.8 Å². The number of aliphatic hydroxyl groups excluding tert-OH is 1. The van der Waals surface area contributed by atoms with E-state index in [4.69, 9.17) is 0 Å². The van der Waals surface area contributed by atoms with Crippen LogP contribution in [0.3, 0.4) is 0 Å². The third-order valence-electron chi connectivity index (χ3n) is 3.04. The summed E-state index contributed by atoms with van der Waals surface area (Å²) in [5, 5.41) is 18.8. The first-order valence-electron chi connectivity index (χ1n) is 5.92. The lowest BCUT2D eigenvalue weighted by atomic mass is 10.1. The second kappa shape index (κ2) is 5.24. The number of hydrogen-bond donors (Lipinski definition) is 1. The van der Waals surface area contributed by atoms with Crippen molar-refractivity contribution in [3.8, 4) is 0 Å². The fourth-order valence-electron chi connectivity index (χ4n) is 2.06. The van der Waals surface area contributed by atoms with E-state index in [1.165, 1.54) is 0 Å². The van der Waals surface area contributed by atoms with Gasteiger partial charge in [0.1, 0.15) is 6.10 Å². The van der Waals surface area contributed by atoms with Gasteiger partial charge in [0.2, 0.25) is 0 Å². The predicted molar refractivity (Wildman–Crippen MR) is 72.2 cm³/mol. The molecule has 18 heavy (non-hydrogen) atoms. The molecule has 0 radical (unpaired) electrons. The van der Waals surface area contributed by atoms with Gasteiger partial charge in [-0.3, -0.25) is 9.36 Å². The summed E-state index contributed by atoms with van der Waals surface area (Å²) in [7, 11) is 1.83. The summed E-state index contributed by atoms with van der Waals surface area (Å²) in [6.45, 7) is 4.79. The third kappa shape index (κ3) is 2.35. The topological polar surface area (TPSA) is 55.9 Å². The van der Waals surface area contributed by atoms with E-state index in [1.807, 2.05) is 31.6 Å². The molecule has 6 heteroatoms. The van der Waals surface area contributed by atoms with Gasteiger partial charge in [-0.1, -0.05) is 0 Å². The standard InChI is InChI=1S/C12H17BrN4O/c1-4-17-10(12(13)8(2)15-17)7-11(18)9-5-6-14-16(9)3/h5-6,11,18H,4,7H2,1-3H3. The van der Waals surface area contributed by atoms with Crippen molar-refractivity contribution in [2.45, 2.75) is 32.9 Å². The summed E-state index contributed by atoms with van der Waals surface area (Å²) in [4.78, 5) is 0. The summed E-state index contributed by atoms with van der Waals surface area (Å²) in [5.74, 6) is 0. The lowest BCUT2D eigenvalue weighted by molar-refractivity contribution is 0.165. The minimum Gasteiger partial charge on any atom is -0.386 e. The zero-order valence-electron chi connectivity index (χ0n) is 10.8. The monoisotopic (exact) mass is 312 g/mol. The van der Waals surface area contributed by atoms with E-state index in [1.54, 1.807) is 10.9 Å².